The quantitative estimate of drug-likeness (QED) is 0.305. The Bertz CT molecular complexity index is 128. The third kappa shape index (κ3) is 6.97. The topological polar surface area (TPSA) is 4.36 Å². The van der Waals surface area contributed by atoms with Crippen LogP contribution in [0.4, 0.5) is 0 Å². The highest BCUT2D eigenvalue weighted by Gasteiger charge is 1.81. The summed E-state index contributed by atoms with van der Waals surface area (Å²) in [5, 5.41) is 0. The fraction of sp³-hybridized carbons (Fsp3) is 0.375. The Morgan fingerprint density at radius 3 is 2.89 bits per heavy atom. The van der Waals surface area contributed by atoms with Gasteiger partial charge in [-0.05, 0) is 6.42 Å². The van der Waals surface area contributed by atoms with Gasteiger partial charge in [-0.1, -0.05) is 24.8 Å². The largest absolute Gasteiger partial charge is 0.317 e. The standard InChI is InChI=1S/C8H11N/c1-3-4-5-6-7-8-9-2/h3-5H,1,6-8H2/b5-4+. The summed E-state index contributed by atoms with van der Waals surface area (Å²) in [4.78, 5) is 3.22. The molecule has 1 nitrogen and oxygen atoms in total. The van der Waals surface area contributed by atoms with E-state index in [4.69, 9.17) is 6.57 Å². The summed E-state index contributed by atoms with van der Waals surface area (Å²) in [6.45, 7) is 10.6. The lowest BCUT2D eigenvalue weighted by molar-refractivity contribution is 0.923. The van der Waals surface area contributed by atoms with E-state index in [2.05, 4.69) is 11.4 Å². The second kappa shape index (κ2) is 6.97. The molecule has 0 heterocycles. The first kappa shape index (κ1) is 7.97. The molecule has 0 aromatic carbocycles. The van der Waals surface area contributed by atoms with Gasteiger partial charge in [-0.2, -0.15) is 0 Å². The van der Waals surface area contributed by atoms with Crippen molar-refractivity contribution in [3.05, 3.63) is 36.2 Å². The lowest BCUT2D eigenvalue weighted by atomic mass is 10.3. The van der Waals surface area contributed by atoms with Gasteiger partial charge in [-0.3, -0.25) is 0 Å². The molecule has 0 aliphatic rings. The number of allylic oxidation sites excluding steroid dienone is 3. The van der Waals surface area contributed by atoms with Gasteiger partial charge in [0, 0.05) is 6.42 Å². The van der Waals surface area contributed by atoms with Crippen LogP contribution in [0.3, 0.4) is 0 Å². The van der Waals surface area contributed by atoms with Crippen LogP contribution < -0.4 is 0 Å². The van der Waals surface area contributed by atoms with E-state index < -0.39 is 0 Å². The molecule has 1 heteroatoms. The number of hydrogen-bond donors (Lipinski definition) is 0. The predicted molar refractivity (Wildman–Crippen MR) is 40.0 cm³/mol. The van der Waals surface area contributed by atoms with Crippen molar-refractivity contribution in [2.75, 3.05) is 6.54 Å². The summed E-state index contributed by atoms with van der Waals surface area (Å²) in [5.74, 6) is 0. The molecular weight excluding hydrogens is 110 g/mol. The Morgan fingerprint density at radius 1 is 1.56 bits per heavy atom. The summed E-state index contributed by atoms with van der Waals surface area (Å²) in [5.41, 5.74) is 0. The third-order valence-electron chi connectivity index (χ3n) is 0.913. The molecule has 0 aromatic rings. The maximum absolute atomic E-state index is 6.46. The van der Waals surface area contributed by atoms with E-state index in [-0.39, 0.29) is 0 Å². The van der Waals surface area contributed by atoms with E-state index in [9.17, 15) is 0 Å². The molecule has 0 amide bonds. The van der Waals surface area contributed by atoms with E-state index in [0.717, 1.165) is 12.8 Å². The van der Waals surface area contributed by atoms with Crippen molar-refractivity contribution in [1.82, 2.24) is 0 Å². The minimum absolute atomic E-state index is 0.640. The lowest BCUT2D eigenvalue weighted by Crippen LogP contribution is -1.72. The molecule has 48 valence electrons. The fourth-order valence-corrected chi connectivity index (χ4v) is 0.481. The van der Waals surface area contributed by atoms with Crippen molar-refractivity contribution >= 4 is 0 Å². The van der Waals surface area contributed by atoms with E-state index >= 15 is 0 Å². The van der Waals surface area contributed by atoms with Crippen molar-refractivity contribution in [1.29, 1.82) is 0 Å². The van der Waals surface area contributed by atoms with Crippen LogP contribution in [-0.4, -0.2) is 6.54 Å². The highest BCUT2D eigenvalue weighted by Crippen LogP contribution is 1.90. The maximum Gasteiger partial charge on any atom is 0.215 e. The molecule has 0 saturated heterocycles. The molecule has 0 rings (SSSR count). The highest BCUT2D eigenvalue weighted by molar-refractivity contribution is 4.96. The van der Waals surface area contributed by atoms with Gasteiger partial charge in [0.2, 0.25) is 6.54 Å². The first-order chi connectivity index (χ1) is 4.41. The van der Waals surface area contributed by atoms with E-state index in [1.54, 1.807) is 6.08 Å². The Hall–Kier alpha value is -1.03. The molecule has 0 aromatic heterocycles. The number of hydrogen-bond acceptors (Lipinski definition) is 0. The molecule has 9 heavy (non-hydrogen) atoms. The van der Waals surface area contributed by atoms with Gasteiger partial charge in [0.05, 0.1) is 0 Å². The molecule has 0 spiro atoms. The number of nitrogens with zero attached hydrogens (tertiary/aromatic N) is 1. The Kier molecular flexibility index (Phi) is 6.17. The molecule has 0 N–H and O–H groups in total. The molecule has 0 aliphatic carbocycles. The first-order valence-corrected chi connectivity index (χ1v) is 3.02. The molecule has 0 saturated carbocycles. The van der Waals surface area contributed by atoms with Gasteiger partial charge in [0.25, 0.3) is 0 Å². The smallest absolute Gasteiger partial charge is 0.215 e. The van der Waals surface area contributed by atoms with Crippen molar-refractivity contribution in [2.24, 2.45) is 0 Å². The van der Waals surface area contributed by atoms with Crippen LogP contribution in [0.2, 0.25) is 0 Å². The second-order valence-electron chi connectivity index (χ2n) is 1.69. The van der Waals surface area contributed by atoms with Crippen LogP contribution in [0.1, 0.15) is 12.8 Å². The Labute approximate surface area is 56.5 Å². The van der Waals surface area contributed by atoms with Crippen molar-refractivity contribution in [3.63, 3.8) is 0 Å². The van der Waals surface area contributed by atoms with Crippen LogP contribution in [0.25, 0.3) is 4.85 Å². The van der Waals surface area contributed by atoms with Gasteiger partial charge in [0.15, 0.2) is 0 Å². The minimum atomic E-state index is 0.640. The zero-order chi connectivity index (χ0) is 6.95. The summed E-state index contributed by atoms with van der Waals surface area (Å²) in [7, 11) is 0. The first-order valence-electron chi connectivity index (χ1n) is 3.02. The number of unbranched alkanes of at least 4 members (excludes halogenated alkanes) is 1. The second-order valence-corrected chi connectivity index (χ2v) is 1.69. The van der Waals surface area contributed by atoms with E-state index in [0.29, 0.717) is 6.54 Å². The molecule has 0 fully saturated rings. The normalized spacial score (nSPS) is 9.22. The monoisotopic (exact) mass is 121 g/mol. The molecule has 0 bridgehead atoms. The molecule has 0 atom stereocenters. The Balaban J connectivity index is 3.01. The van der Waals surface area contributed by atoms with Crippen LogP contribution in [0.15, 0.2) is 24.8 Å². The molecule has 0 aliphatic heterocycles. The summed E-state index contributed by atoms with van der Waals surface area (Å²) in [6.07, 6.45) is 7.64. The fourth-order valence-electron chi connectivity index (χ4n) is 0.481. The Morgan fingerprint density at radius 2 is 2.33 bits per heavy atom. The predicted octanol–water partition coefficient (Wildman–Crippen LogP) is 2.43. The van der Waals surface area contributed by atoms with Gasteiger partial charge in [-0.25, -0.2) is 6.57 Å². The van der Waals surface area contributed by atoms with Gasteiger partial charge in [-0.15, -0.1) is 0 Å². The van der Waals surface area contributed by atoms with Crippen LogP contribution in [-0.2, 0) is 0 Å². The van der Waals surface area contributed by atoms with Crippen LogP contribution in [0.5, 0.6) is 0 Å². The van der Waals surface area contributed by atoms with Crippen molar-refractivity contribution in [3.8, 4) is 0 Å². The molecule has 0 radical (unpaired) electrons. The maximum atomic E-state index is 6.46. The molecule has 0 unspecified atom stereocenters. The highest BCUT2D eigenvalue weighted by atomic mass is 14.6. The average molecular weight is 121 g/mol. The molecular formula is C8H11N. The van der Waals surface area contributed by atoms with Gasteiger partial charge < -0.3 is 4.85 Å². The average Bonchev–Trinajstić information content (AvgIpc) is 1.89. The third-order valence-corrected chi connectivity index (χ3v) is 0.913. The summed E-state index contributed by atoms with van der Waals surface area (Å²) >= 11 is 0. The zero-order valence-electron chi connectivity index (χ0n) is 5.51. The van der Waals surface area contributed by atoms with E-state index in [1.165, 1.54) is 0 Å². The zero-order valence-corrected chi connectivity index (χ0v) is 5.51. The van der Waals surface area contributed by atoms with E-state index in [1.807, 2.05) is 12.2 Å². The van der Waals surface area contributed by atoms with Gasteiger partial charge in [0.1, 0.15) is 0 Å². The van der Waals surface area contributed by atoms with Crippen LogP contribution in [0, 0.1) is 6.57 Å². The van der Waals surface area contributed by atoms with Crippen LogP contribution >= 0.6 is 0 Å². The number of rotatable bonds is 4. The summed E-state index contributed by atoms with van der Waals surface area (Å²) < 4.78 is 0. The van der Waals surface area contributed by atoms with Gasteiger partial charge >= 0.3 is 0 Å². The van der Waals surface area contributed by atoms with Crippen molar-refractivity contribution in [2.45, 2.75) is 12.8 Å². The SMILES string of the molecule is [C-]#[N+]CCC/C=C/C=C. The lowest BCUT2D eigenvalue weighted by Gasteiger charge is -1.81. The van der Waals surface area contributed by atoms with Crippen molar-refractivity contribution < 1.29 is 0 Å². The summed E-state index contributed by atoms with van der Waals surface area (Å²) in [6, 6.07) is 0. The minimum Gasteiger partial charge on any atom is -0.317 e.